The van der Waals surface area contributed by atoms with Crippen molar-refractivity contribution in [2.45, 2.75) is 63.5 Å². The van der Waals surface area contributed by atoms with Crippen LogP contribution in [0.5, 0.6) is 0 Å². The SMILES string of the molecule is C[C@H]1CCCN(c2cc(C(F)(F)F)nc(NC(=S)NCC3(c4ccc(Cl)cc4)CCCCC3)n2)C1. The number of piperidine rings is 1. The molecule has 4 rings (SSSR count). The second kappa shape index (κ2) is 10.9. The third kappa shape index (κ3) is 6.55. The van der Waals surface area contributed by atoms with Gasteiger partial charge in [-0.2, -0.15) is 18.2 Å². The molecule has 2 N–H and O–H groups in total. The summed E-state index contributed by atoms with van der Waals surface area (Å²) in [6.45, 7) is 4.00. The lowest BCUT2D eigenvalue weighted by Crippen LogP contribution is -2.43. The Bertz CT molecular complexity index is 1020. The molecule has 0 bridgehead atoms. The highest BCUT2D eigenvalue weighted by atomic mass is 35.5. The van der Waals surface area contributed by atoms with E-state index in [2.05, 4.69) is 27.5 Å². The topological polar surface area (TPSA) is 53.1 Å². The second-order valence-electron chi connectivity index (χ2n) is 9.78. The minimum absolute atomic E-state index is 0.113. The van der Waals surface area contributed by atoms with Crippen LogP contribution in [0.4, 0.5) is 24.9 Å². The monoisotopic (exact) mass is 525 g/mol. The van der Waals surface area contributed by atoms with E-state index in [4.69, 9.17) is 23.8 Å². The number of nitrogens with zero attached hydrogens (tertiary/aromatic N) is 3. The smallest absolute Gasteiger partial charge is 0.361 e. The molecule has 0 radical (unpaired) electrons. The average molecular weight is 526 g/mol. The molecule has 0 amide bonds. The minimum Gasteiger partial charge on any atom is -0.361 e. The van der Waals surface area contributed by atoms with Crippen molar-refractivity contribution in [1.29, 1.82) is 0 Å². The lowest BCUT2D eigenvalue weighted by atomic mass is 9.69. The van der Waals surface area contributed by atoms with Crippen LogP contribution < -0.4 is 15.5 Å². The van der Waals surface area contributed by atoms with E-state index in [1.54, 1.807) is 0 Å². The van der Waals surface area contributed by atoms with Crippen molar-refractivity contribution in [2.24, 2.45) is 5.92 Å². The molecule has 1 saturated heterocycles. The second-order valence-corrected chi connectivity index (χ2v) is 10.6. The number of halogens is 4. The number of benzene rings is 1. The predicted octanol–water partition coefficient (Wildman–Crippen LogP) is 6.57. The number of rotatable bonds is 5. The number of nitrogens with one attached hydrogen (secondary N) is 2. The van der Waals surface area contributed by atoms with Crippen LogP contribution >= 0.6 is 23.8 Å². The molecule has 1 aromatic carbocycles. The van der Waals surface area contributed by atoms with Gasteiger partial charge in [0.15, 0.2) is 10.8 Å². The summed E-state index contributed by atoms with van der Waals surface area (Å²) < 4.78 is 40.8. The first-order chi connectivity index (χ1) is 16.6. The molecule has 190 valence electrons. The molecule has 35 heavy (non-hydrogen) atoms. The van der Waals surface area contributed by atoms with Gasteiger partial charge >= 0.3 is 6.18 Å². The zero-order chi connectivity index (χ0) is 25.1. The summed E-state index contributed by atoms with van der Waals surface area (Å²) in [6.07, 6.45) is 2.81. The molecule has 1 aliphatic heterocycles. The van der Waals surface area contributed by atoms with Crippen LogP contribution in [0.15, 0.2) is 30.3 Å². The molecular formula is C25H31ClF3N5S. The number of hydrogen-bond acceptors (Lipinski definition) is 4. The molecule has 2 aromatic rings. The molecule has 1 aromatic heterocycles. The third-order valence-corrected chi connectivity index (χ3v) is 7.56. The van der Waals surface area contributed by atoms with Crippen molar-refractivity contribution >= 4 is 40.7 Å². The fourth-order valence-corrected chi connectivity index (χ4v) is 5.48. The molecule has 0 spiro atoms. The molecule has 2 fully saturated rings. The highest BCUT2D eigenvalue weighted by Crippen LogP contribution is 2.39. The molecule has 1 aliphatic carbocycles. The average Bonchev–Trinajstić information content (AvgIpc) is 2.83. The zero-order valence-corrected chi connectivity index (χ0v) is 21.4. The van der Waals surface area contributed by atoms with Crippen molar-refractivity contribution in [3.63, 3.8) is 0 Å². The fraction of sp³-hybridized carbons (Fsp3) is 0.560. The summed E-state index contributed by atoms with van der Waals surface area (Å²) in [5, 5.41) is 6.94. The first-order valence-electron chi connectivity index (χ1n) is 12.2. The Labute approximate surface area is 214 Å². The first kappa shape index (κ1) is 25.9. The molecule has 2 heterocycles. The van der Waals surface area contributed by atoms with Crippen LogP contribution in [0, 0.1) is 5.92 Å². The van der Waals surface area contributed by atoms with E-state index >= 15 is 0 Å². The quantitative estimate of drug-likeness (QED) is 0.430. The summed E-state index contributed by atoms with van der Waals surface area (Å²) in [5.41, 5.74) is 0.0999. The Balaban J connectivity index is 1.50. The van der Waals surface area contributed by atoms with Crippen LogP contribution in [-0.4, -0.2) is 34.7 Å². The largest absolute Gasteiger partial charge is 0.433 e. The molecule has 5 nitrogen and oxygen atoms in total. The molecule has 0 unspecified atom stereocenters. The number of anilines is 2. The normalized spacial score (nSPS) is 20.4. The highest BCUT2D eigenvalue weighted by molar-refractivity contribution is 7.80. The summed E-state index contributed by atoms with van der Waals surface area (Å²) in [4.78, 5) is 10.0. The van der Waals surface area contributed by atoms with Crippen LogP contribution in [0.2, 0.25) is 5.02 Å². The van der Waals surface area contributed by atoms with Crippen molar-refractivity contribution in [2.75, 3.05) is 29.9 Å². The van der Waals surface area contributed by atoms with Gasteiger partial charge in [0, 0.05) is 36.1 Å². The van der Waals surface area contributed by atoms with Crippen LogP contribution in [0.3, 0.4) is 0 Å². The van der Waals surface area contributed by atoms with Crippen LogP contribution in [0.25, 0.3) is 0 Å². The molecule has 10 heteroatoms. The highest BCUT2D eigenvalue weighted by Gasteiger charge is 2.36. The fourth-order valence-electron chi connectivity index (χ4n) is 5.19. The van der Waals surface area contributed by atoms with Gasteiger partial charge in [-0.1, -0.05) is 49.9 Å². The lowest BCUT2D eigenvalue weighted by molar-refractivity contribution is -0.141. The van der Waals surface area contributed by atoms with Gasteiger partial charge in [-0.25, -0.2) is 4.98 Å². The van der Waals surface area contributed by atoms with Gasteiger partial charge in [-0.3, -0.25) is 0 Å². The van der Waals surface area contributed by atoms with Gasteiger partial charge in [-0.05, 0) is 61.5 Å². The maximum Gasteiger partial charge on any atom is 0.433 e. The number of alkyl halides is 3. The minimum atomic E-state index is -4.58. The summed E-state index contributed by atoms with van der Waals surface area (Å²) >= 11 is 11.6. The predicted molar refractivity (Wildman–Crippen MR) is 138 cm³/mol. The Morgan fingerprint density at radius 1 is 1.14 bits per heavy atom. The maximum absolute atomic E-state index is 13.6. The van der Waals surface area contributed by atoms with Gasteiger partial charge in [0.1, 0.15) is 5.82 Å². The first-order valence-corrected chi connectivity index (χ1v) is 13.0. The van der Waals surface area contributed by atoms with Crippen molar-refractivity contribution in [1.82, 2.24) is 15.3 Å². The van der Waals surface area contributed by atoms with Crippen molar-refractivity contribution in [3.05, 3.63) is 46.6 Å². The zero-order valence-electron chi connectivity index (χ0n) is 19.8. The van der Waals surface area contributed by atoms with Gasteiger partial charge in [0.05, 0.1) is 0 Å². The Morgan fingerprint density at radius 3 is 2.51 bits per heavy atom. The van der Waals surface area contributed by atoms with E-state index in [9.17, 15) is 13.2 Å². The van der Waals surface area contributed by atoms with Crippen LogP contribution in [-0.2, 0) is 11.6 Å². The van der Waals surface area contributed by atoms with Gasteiger partial charge in [0.2, 0.25) is 5.95 Å². The van der Waals surface area contributed by atoms with Crippen molar-refractivity contribution < 1.29 is 13.2 Å². The molecule has 2 aliphatic rings. The summed E-state index contributed by atoms with van der Waals surface area (Å²) in [6, 6.07) is 8.91. The van der Waals surface area contributed by atoms with E-state index in [-0.39, 0.29) is 22.3 Å². The number of thiocarbonyl (C=S) groups is 1. The molecule has 1 saturated carbocycles. The molecule has 1 atom stereocenters. The third-order valence-electron chi connectivity index (χ3n) is 7.06. The summed E-state index contributed by atoms with van der Waals surface area (Å²) in [7, 11) is 0. The van der Waals surface area contributed by atoms with E-state index in [0.717, 1.165) is 44.6 Å². The van der Waals surface area contributed by atoms with E-state index in [0.29, 0.717) is 30.6 Å². The van der Waals surface area contributed by atoms with E-state index < -0.39 is 11.9 Å². The van der Waals surface area contributed by atoms with Gasteiger partial charge < -0.3 is 15.5 Å². The Morgan fingerprint density at radius 2 is 1.86 bits per heavy atom. The lowest BCUT2D eigenvalue weighted by Gasteiger charge is -2.38. The van der Waals surface area contributed by atoms with Crippen molar-refractivity contribution in [3.8, 4) is 0 Å². The number of aromatic nitrogens is 2. The van der Waals surface area contributed by atoms with Gasteiger partial charge in [-0.15, -0.1) is 0 Å². The van der Waals surface area contributed by atoms with Crippen LogP contribution in [0.1, 0.15) is 63.1 Å². The van der Waals surface area contributed by atoms with E-state index in [1.165, 1.54) is 12.0 Å². The maximum atomic E-state index is 13.6. The standard InChI is InChI=1S/C25H31ClF3N5S/c1-17-6-5-13-34(15-17)21-14-20(25(27,28)29)31-22(32-21)33-23(35)30-16-24(11-3-2-4-12-24)18-7-9-19(26)10-8-18/h7-10,14,17H,2-6,11-13,15-16H2,1H3,(H2,30,31,32,33,35)/t17-/m0/s1. The van der Waals surface area contributed by atoms with E-state index in [1.807, 2.05) is 29.2 Å². The Kier molecular flexibility index (Phi) is 8.06. The molecular weight excluding hydrogens is 495 g/mol. The Hall–Kier alpha value is -2.13. The van der Waals surface area contributed by atoms with Gasteiger partial charge in [0.25, 0.3) is 0 Å². The number of hydrogen-bond donors (Lipinski definition) is 2. The summed E-state index contributed by atoms with van der Waals surface area (Å²) in [5.74, 6) is 0.524.